The number of β-amino-alcohol motifs (C(OH)–C–C–N with tert-alkyl or cyclic N) is 1. The molecule has 1 aromatic heterocycles. The van der Waals surface area contributed by atoms with Crippen molar-refractivity contribution in [2.75, 3.05) is 32.7 Å². The van der Waals surface area contributed by atoms with Gasteiger partial charge in [0.1, 0.15) is 12.4 Å². The van der Waals surface area contributed by atoms with Gasteiger partial charge >= 0.3 is 5.69 Å². The Morgan fingerprint density at radius 3 is 2.82 bits per heavy atom. The first-order chi connectivity index (χ1) is 10.5. The van der Waals surface area contributed by atoms with Gasteiger partial charge in [0.15, 0.2) is 0 Å². The Labute approximate surface area is 130 Å². The average molecular weight is 311 g/mol. The Kier molecular flexibility index (Phi) is 5.87. The summed E-state index contributed by atoms with van der Waals surface area (Å²) in [6, 6.07) is 0.563. The summed E-state index contributed by atoms with van der Waals surface area (Å²) in [4.78, 5) is 14.8. The van der Waals surface area contributed by atoms with Crippen molar-refractivity contribution in [3.05, 3.63) is 22.5 Å². The standard InChI is InChI=1S/C14H25N5O3/c1-3-17(4-2)12-5-6-16(8-12)10-14(20)11-18-9-13(7-15-18)19(21)22/h7,9,12,14,20H,3-6,8,10-11H2,1-2H3. The molecule has 0 radical (unpaired) electrons. The number of hydrogen-bond donors (Lipinski definition) is 1. The number of nitrogens with zero attached hydrogens (tertiary/aromatic N) is 5. The Morgan fingerprint density at radius 1 is 1.50 bits per heavy atom. The van der Waals surface area contributed by atoms with Gasteiger partial charge in [0.05, 0.1) is 17.6 Å². The van der Waals surface area contributed by atoms with E-state index >= 15 is 0 Å². The van der Waals surface area contributed by atoms with Gasteiger partial charge < -0.3 is 5.11 Å². The zero-order valence-corrected chi connectivity index (χ0v) is 13.3. The van der Waals surface area contributed by atoms with Crippen LogP contribution in [0.5, 0.6) is 0 Å². The van der Waals surface area contributed by atoms with Gasteiger partial charge in [-0.1, -0.05) is 13.8 Å². The zero-order chi connectivity index (χ0) is 16.1. The first-order valence-corrected chi connectivity index (χ1v) is 7.84. The molecule has 2 unspecified atom stereocenters. The average Bonchev–Trinajstić information content (AvgIpc) is 3.10. The van der Waals surface area contributed by atoms with Gasteiger partial charge in [-0.05, 0) is 26.1 Å². The van der Waals surface area contributed by atoms with Crippen molar-refractivity contribution in [3.63, 3.8) is 0 Å². The third-order valence-electron chi connectivity index (χ3n) is 4.27. The van der Waals surface area contributed by atoms with Crippen LogP contribution in [0, 0.1) is 10.1 Å². The van der Waals surface area contributed by atoms with Crippen LogP contribution in [0.4, 0.5) is 5.69 Å². The van der Waals surface area contributed by atoms with Crippen molar-refractivity contribution in [3.8, 4) is 0 Å². The highest BCUT2D eigenvalue weighted by atomic mass is 16.6. The van der Waals surface area contributed by atoms with Gasteiger partial charge in [-0.15, -0.1) is 0 Å². The lowest BCUT2D eigenvalue weighted by molar-refractivity contribution is -0.385. The summed E-state index contributed by atoms with van der Waals surface area (Å²) in [5.74, 6) is 0. The van der Waals surface area contributed by atoms with Crippen molar-refractivity contribution in [2.24, 2.45) is 0 Å². The lowest BCUT2D eigenvalue weighted by atomic mass is 10.2. The van der Waals surface area contributed by atoms with Crippen LogP contribution >= 0.6 is 0 Å². The predicted molar refractivity (Wildman–Crippen MR) is 82.7 cm³/mol. The van der Waals surface area contributed by atoms with E-state index in [-0.39, 0.29) is 12.2 Å². The topological polar surface area (TPSA) is 87.7 Å². The quantitative estimate of drug-likeness (QED) is 0.558. The smallest absolute Gasteiger partial charge is 0.306 e. The van der Waals surface area contributed by atoms with Crippen LogP contribution in [0.15, 0.2) is 12.4 Å². The summed E-state index contributed by atoms with van der Waals surface area (Å²) in [5, 5.41) is 24.7. The molecule has 8 nitrogen and oxygen atoms in total. The normalized spacial score (nSPS) is 20.6. The molecule has 2 rings (SSSR count). The second kappa shape index (κ2) is 7.66. The van der Waals surface area contributed by atoms with E-state index in [1.165, 1.54) is 17.1 Å². The molecule has 2 atom stereocenters. The van der Waals surface area contributed by atoms with Crippen LogP contribution in [0.2, 0.25) is 0 Å². The number of aromatic nitrogens is 2. The third-order valence-corrected chi connectivity index (χ3v) is 4.27. The highest BCUT2D eigenvalue weighted by Crippen LogP contribution is 2.16. The lowest BCUT2D eigenvalue weighted by Gasteiger charge is -2.26. The van der Waals surface area contributed by atoms with Crippen LogP contribution in [-0.4, -0.2) is 74.5 Å². The van der Waals surface area contributed by atoms with E-state index in [2.05, 4.69) is 28.7 Å². The van der Waals surface area contributed by atoms with E-state index in [1.54, 1.807) is 0 Å². The summed E-state index contributed by atoms with van der Waals surface area (Å²) in [5.41, 5.74) is -0.0463. The molecule has 0 amide bonds. The summed E-state index contributed by atoms with van der Waals surface area (Å²) in [7, 11) is 0. The molecule has 0 saturated carbocycles. The molecular formula is C14H25N5O3. The van der Waals surface area contributed by atoms with Gasteiger partial charge in [0, 0.05) is 19.1 Å². The van der Waals surface area contributed by atoms with Crippen LogP contribution < -0.4 is 0 Å². The fourth-order valence-corrected chi connectivity index (χ4v) is 3.13. The SMILES string of the molecule is CCN(CC)C1CCN(CC(O)Cn2cc([N+](=O)[O-])cn2)C1. The molecule has 0 aliphatic carbocycles. The molecule has 1 saturated heterocycles. The summed E-state index contributed by atoms with van der Waals surface area (Å²) >= 11 is 0. The molecule has 1 N–H and O–H groups in total. The van der Waals surface area contributed by atoms with Crippen molar-refractivity contribution >= 4 is 5.69 Å². The van der Waals surface area contributed by atoms with E-state index in [1.807, 2.05) is 0 Å². The molecule has 1 aliphatic rings. The first kappa shape index (κ1) is 16.9. The Balaban J connectivity index is 1.80. The molecule has 0 spiro atoms. The van der Waals surface area contributed by atoms with Crippen molar-refractivity contribution in [2.45, 2.75) is 39.0 Å². The molecule has 8 heteroatoms. The number of hydrogen-bond acceptors (Lipinski definition) is 6. The highest BCUT2D eigenvalue weighted by Gasteiger charge is 2.27. The molecule has 124 valence electrons. The van der Waals surface area contributed by atoms with Gasteiger partial charge in [-0.3, -0.25) is 24.6 Å². The Morgan fingerprint density at radius 2 is 2.23 bits per heavy atom. The first-order valence-electron chi connectivity index (χ1n) is 7.84. The molecule has 1 aliphatic heterocycles. The number of rotatable bonds is 8. The Bertz CT molecular complexity index is 489. The summed E-state index contributed by atoms with van der Waals surface area (Å²) in [6.07, 6.45) is 3.11. The molecule has 1 aromatic rings. The fourth-order valence-electron chi connectivity index (χ4n) is 3.13. The zero-order valence-electron chi connectivity index (χ0n) is 13.3. The van der Waals surface area contributed by atoms with Crippen LogP contribution in [0.1, 0.15) is 20.3 Å². The van der Waals surface area contributed by atoms with E-state index in [0.29, 0.717) is 12.6 Å². The minimum atomic E-state index is -0.574. The van der Waals surface area contributed by atoms with E-state index in [0.717, 1.165) is 32.6 Å². The second-order valence-corrected chi connectivity index (χ2v) is 5.75. The third kappa shape index (κ3) is 4.25. The summed E-state index contributed by atoms with van der Waals surface area (Å²) < 4.78 is 1.43. The fraction of sp³-hybridized carbons (Fsp3) is 0.786. The maximum absolute atomic E-state index is 10.6. The van der Waals surface area contributed by atoms with E-state index in [9.17, 15) is 15.2 Å². The maximum Gasteiger partial charge on any atom is 0.306 e. The molecular weight excluding hydrogens is 286 g/mol. The van der Waals surface area contributed by atoms with Gasteiger partial charge in [0.25, 0.3) is 0 Å². The number of likely N-dealkylation sites (N-methyl/N-ethyl adjacent to an activating group) is 1. The number of likely N-dealkylation sites (tertiary alicyclic amines) is 1. The summed E-state index contributed by atoms with van der Waals surface area (Å²) in [6.45, 7) is 9.25. The number of aliphatic hydroxyl groups is 1. The highest BCUT2D eigenvalue weighted by molar-refractivity contribution is 5.20. The monoisotopic (exact) mass is 311 g/mol. The predicted octanol–water partition coefficient (Wildman–Crippen LogP) is 0.568. The van der Waals surface area contributed by atoms with Gasteiger partial charge in [-0.2, -0.15) is 5.10 Å². The van der Waals surface area contributed by atoms with Crippen LogP contribution in [0.3, 0.4) is 0 Å². The minimum absolute atomic E-state index is 0.0463. The maximum atomic E-state index is 10.6. The van der Waals surface area contributed by atoms with Crippen molar-refractivity contribution in [1.29, 1.82) is 0 Å². The number of aliphatic hydroxyl groups excluding tert-OH is 1. The van der Waals surface area contributed by atoms with E-state index < -0.39 is 11.0 Å². The molecule has 2 heterocycles. The van der Waals surface area contributed by atoms with Crippen molar-refractivity contribution in [1.82, 2.24) is 19.6 Å². The van der Waals surface area contributed by atoms with Crippen molar-refractivity contribution < 1.29 is 10.0 Å². The van der Waals surface area contributed by atoms with Crippen LogP contribution in [-0.2, 0) is 6.54 Å². The molecule has 0 aromatic carbocycles. The van der Waals surface area contributed by atoms with Crippen LogP contribution in [0.25, 0.3) is 0 Å². The molecule has 1 fully saturated rings. The minimum Gasteiger partial charge on any atom is -0.390 e. The Hall–Kier alpha value is -1.51. The molecule has 0 bridgehead atoms. The van der Waals surface area contributed by atoms with E-state index in [4.69, 9.17) is 0 Å². The lowest BCUT2D eigenvalue weighted by Crippen LogP contribution is -2.39. The van der Waals surface area contributed by atoms with Gasteiger partial charge in [0.2, 0.25) is 0 Å². The largest absolute Gasteiger partial charge is 0.390 e. The van der Waals surface area contributed by atoms with Gasteiger partial charge in [-0.25, -0.2) is 0 Å². The molecule has 22 heavy (non-hydrogen) atoms. The number of nitro groups is 1. The second-order valence-electron chi connectivity index (χ2n) is 5.75.